The lowest BCUT2D eigenvalue weighted by molar-refractivity contribution is -0.137. The van der Waals surface area contributed by atoms with Crippen LogP contribution in [-0.4, -0.2) is 29.5 Å². The molecular formula is C18H12ClF3N6O2S. The number of nitrogens with zero attached hydrogens (tertiary/aromatic N) is 6. The zero-order chi connectivity index (χ0) is 22.3. The molecule has 0 radical (unpaired) electrons. The summed E-state index contributed by atoms with van der Waals surface area (Å²) in [6.07, 6.45) is -1.06. The normalized spacial score (nSPS) is 11.8. The first-order valence-electron chi connectivity index (χ1n) is 8.60. The Morgan fingerprint density at radius 1 is 1.16 bits per heavy atom. The van der Waals surface area contributed by atoms with Crippen molar-refractivity contribution in [1.82, 2.24) is 29.5 Å². The number of furan rings is 1. The Morgan fingerprint density at radius 2 is 1.94 bits per heavy atom. The summed E-state index contributed by atoms with van der Waals surface area (Å²) < 4.78 is 45.9. The Labute approximate surface area is 181 Å². The maximum absolute atomic E-state index is 12.7. The van der Waals surface area contributed by atoms with Crippen molar-refractivity contribution in [3.05, 3.63) is 63.6 Å². The lowest BCUT2D eigenvalue weighted by Gasteiger charge is -2.09. The van der Waals surface area contributed by atoms with Gasteiger partial charge in [-0.25, -0.2) is 4.98 Å². The largest absolute Gasteiger partial charge is 0.469 e. The third kappa shape index (κ3) is 3.95. The van der Waals surface area contributed by atoms with Gasteiger partial charge in [0.1, 0.15) is 10.8 Å². The van der Waals surface area contributed by atoms with E-state index >= 15 is 0 Å². The molecule has 0 aliphatic heterocycles. The van der Waals surface area contributed by atoms with Gasteiger partial charge in [-0.15, -0.1) is 10.2 Å². The van der Waals surface area contributed by atoms with Gasteiger partial charge < -0.3 is 8.98 Å². The smallest absolute Gasteiger partial charge is 0.417 e. The van der Waals surface area contributed by atoms with Crippen LogP contribution in [0.25, 0.3) is 17.2 Å². The average molecular weight is 469 g/mol. The third-order valence-corrected chi connectivity index (χ3v) is 5.86. The van der Waals surface area contributed by atoms with Crippen LogP contribution >= 0.6 is 23.4 Å². The standard InChI is InChI=1S/C18H12ClF3N6O2S/c1-9-11(5-6-30-9)15-25-26-17(27(15)2)31-12-8-24-28(16(29)14(12)19)13-4-3-10(7-23-13)18(20,21)22/h3-8H,1-2H3. The highest BCUT2D eigenvalue weighted by atomic mass is 35.5. The van der Waals surface area contributed by atoms with Crippen molar-refractivity contribution in [3.63, 3.8) is 0 Å². The second kappa shape index (κ2) is 7.85. The number of aromatic nitrogens is 6. The molecule has 0 aliphatic rings. The van der Waals surface area contributed by atoms with Crippen LogP contribution < -0.4 is 5.56 Å². The van der Waals surface area contributed by atoms with E-state index in [1.807, 2.05) is 0 Å². The van der Waals surface area contributed by atoms with E-state index in [4.69, 9.17) is 16.0 Å². The molecule has 0 aromatic carbocycles. The summed E-state index contributed by atoms with van der Waals surface area (Å²) in [7, 11) is 1.75. The molecule has 31 heavy (non-hydrogen) atoms. The highest BCUT2D eigenvalue weighted by molar-refractivity contribution is 7.99. The number of pyridine rings is 1. The van der Waals surface area contributed by atoms with Gasteiger partial charge in [0.15, 0.2) is 16.8 Å². The number of hydrogen-bond donors (Lipinski definition) is 0. The SMILES string of the molecule is Cc1occc1-c1nnc(Sc2cnn(-c3ccc(C(F)(F)F)cn3)c(=O)c2Cl)n1C. The van der Waals surface area contributed by atoms with Crippen LogP contribution in [0.4, 0.5) is 13.2 Å². The van der Waals surface area contributed by atoms with Crippen LogP contribution in [0.3, 0.4) is 0 Å². The van der Waals surface area contributed by atoms with Crippen molar-refractivity contribution in [2.45, 2.75) is 23.2 Å². The van der Waals surface area contributed by atoms with Gasteiger partial charge in [0.05, 0.1) is 28.5 Å². The van der Waals surface area contributed by atoms with Crippen molar-refractivity contribution in [1.29, 1.82) is 0 Å². The van der Waals surface area contributed by atoms with Gasteiger partial charge in [-0.05, 0) is 36.9 Å². The lowest BCUT2D eigenvalue weighted by atomic mass is 10.2. The van der Waals surface area contributed by atoms with Gasteiger partial charge in [0, 0.05) is 13.2 Å². The van der Waals surface area contributed by atoms with Crippen LogP contribution in [0.2, 0.25) is 5.02 Å². The molecule has 4 aromatic heterocycles. The first-order chi connectivity index (χ1) is 14.7. The van der Waals surface area contributed by atoms with Gasteiger partial charge in [-0.2, -0.15) is 23.0 Å². The highest BCUT2D eigenvalue weighted by Gasteiger charge is 2.30. The quantitative estimate of drug-likeness (QED) is 0.444. The van der Waals surface area contributed by atoms with E-state index in [1.165, 1.54) is 6.20 Å². The molecule has 0 saturated heterocycles. The van der Waals surface area contributed by atoms with Crippen LogP contribution in [0.5, 0.6) is 0 Å². The molecule has 4 heterocycles. The summed E-state index contributed by atoms with van der Waals surface area (Å²) in [4.78, 5) is 16.6. The van der Waals surface area contributed by atoms with E-state index in [0.29, 0.717) is 27.8 Å². The molecule has 4 rings (SSSR count). The summed E-state index contributed by atoms with van der Waals surface area (Å²) in [6, 6.07) is 3.62. The minimum Gasteiger partial charge on any atom is -0.469 e. The second-order valence-electron chi connectivity index (χ2n) is 6.30. The third-order valence-electron chi connectivity index (χ3n) is 4.31. The molecule has 0 spiro atoms. The van der Waals surface area contributed by atoms with E-state index in [-0.39, 0.29) is 10.8 Å². The molecule has 0 aliphatic carbocycles. The van der Waals surface area contributed by atoms with Gasteiger partial charge in [0.25, 0.3) is 5.56 Å². The van der Waals surface area contributed by atoms with E-state index < -0.39 is 17.3 Å². The summed E-state index contributed by atoms with van der Waals surface area (Å²) in [5.41, 5.74) is -0.893. The maximum Gasteiger partial charge on any atom is 0.417 e. The minimum atomic E-state index is -4.54. The lowest BCUT2D eigenvalue weighted by Crippen LogP contribution is -2.23. The summed E-state index contributed by atoms with van der Waals surface area (Å²) >= 11 is 7.28. The molecule has 0 unspecified atom stereocenters. The van der Waals surface area contributed by atoms with Crippen LogP contribution in [0, 0.1) is 6.92 Å². The zero-order valence-corrected chi connectivity index (χ0v) is 17.5. The van der Waals surface area contributed by atoms with Crippen LogP contribution in [-0.2, 0) is 13.2 Å². The fourth-order valence-electron chi connectivity index (χ4n) is 2.68. The number of alkyl halides is 3. The molecule has 0 atom stereocenters. The fraction of sp³-hybridized carbons (Fsp3) is 0.167. The first-order valence-corrected chi connectivity index (χ1v) is 9.79. The van der Waals surface area contributed by atoms with Crippen molar-refractivity contribution < 1.29 is 17.6 Å². The summed E-state index contributed by atoms with van der Waals surface area (Å²) in [5.74, 6) is 1.16. The van der Waals surface area contributed by atoms with Gasteiger partial charge in [-0.1, -0.05) is 11.6 Å². The molecule has 8 nitrogen and oxygen atoms in total. The molecule has 0 amide bonds. The highest BCUT2D eigenvalue weighted by Crippen LogP contribution is 2.33. The minimum absolute atomic E-state index is 0.0900. The molecule has 4 aromatic rings. The predicted octanol–water partition coefficient (Wildman–Crippen LogP) is 4.15. The van der Waals surface area contributed by atoms with Gasteiger partial charge in [0.2, 0.25) is 0 Å². The van der Waals surface area contributed by atoms with Gasteiger partial charge in [-0.3, -0.25) is 4.79 Å². The van der Waals surface area contributed by atoms with E-state index in [0.717, 1.165) is 34.1 Å². The Bertz CT molecular complexity index is 1310. The molecule has 0 fully saturated rings. The number of aryl methyl sites for hydroxylation is 1. The Hall–Kier alpha value is -3.12. The number of hydrogen-bond acceptors (Lipinski definition) is 7. The van der Waals surface area contributed by atoms with E-state index in [9.17, 15) is 18.0 Å². The summed E-state index contributed by atoms with van der Waals surface area (Å²) in [6.45, 7) is 1.80. The topological polar surface area (TPSA) is 91.6 Å². The monoisotopic (exact) mass is 468 g/mol. The molecular weight excluding hydrogens is 457 g/mol. The fourth-order valence-corrected chi connectivity index (χ4v) is 3.71. The first kappa shape index (κ1) is 21.1. The summed E-state index contributed by atoms with van der Waals surface area (Å²) in [5, 5.41) is 12.5. The van der Waals surface area contributed by atoms with Crippen LogP contribution in [0.15, 0.2) is 56.1 Å². The molecule has 0 N–H and O–H groups in total. The van der Waals surface area contributed by atoms with Gasteiger partial charge >= 0.3 is 6.18 Å². The van der Waals surface area contributed by atoms with Crippen molar-refractivity contribution in [2.24, 2.45) is 7.05 Å². The van der Waals surface area contributed by atoms with E-state index in [2.05, 4.69) is 20.3 Å². The number of rotatable bonds is 4. The molecule has 0 saturated carbocycles. The van der Waals surface area contributed by atoms with Crippen LogP contribution in [0.1, 0.15) is 11.3 Å². The Balaban J connectivity index is 1.64. The Kier molecular flexibility index (Phi) is 5.35. The van der Waals surface area contributed by atoms with Crippen molar-refractivity contribution in [2.75, 3.05) is 0 Å². The second-order valence-corrected chi connectivity index (χ2v) is 7.69. The molecule has 13 heteroatoms. The Morgan fingerprint density at radius 3 is 2.55 bits per heavy atom. The molecule has 0 bridgehead atoms. The van der Waals surface area contributed by atoms with Crippen molar-refractivity contribution in [3.8, 4) is 17.2 Å². The average Bonchev–Trinajstić information content (AvgIpc) is 3.30. The maximum atomic E-state index is 12.7. The van der Waals surface area contributed by atoms with Crippen molar-refractivity contribution >= 4 is 23.4 Å². The molecule has 160 valence electrons. The van der Waals surface area contributed by atoms with E-state index in [1.54, 1.807) is 30.9 Å². The zero-order valence-electron chi connectivity index (χ0n) is 15.9. The number of halogens is 4. The predicted molar refractivity (Wildman–Crippen MR) is 105 cm³/mol.